The number of nitrogens with two attached hydrogens (primary N) is 1. The molecule has 0 aliphatic heterocycles. The largest absolute Gasteiger partial charge is 0.356 e. The summed E-state index contributed by atoms with van der Waals surface area (Å²) in [6.45, 7) is 1.28. The smallest absolute Gasteiger partial charge is 0.228 e. The van der Waals surface area contributed by atoms with Crippen LogP contribution in [0, 0.1) is 0 Å². The van der Waals surface area contributed by atoms with Crippen LogP contribution < -0.4 is 11.1 Å². The van der Waals surface area contributed by atoms with Gasteiger partial charge in [0.25, 0.3) is 0 Å². The molecule has 1 rings (SSSR count). The van der Waals surface area contributed by atoms with E-state index in [2.05, 4.69) is 15.5 Å². The fourth-order valence-electron chi connectivity index (χ4n) is 1.49. The van der Waals surface area contributed by atoms with E-state index < -0.39 is 0 Å². The van der Waals surface area contributed by atoms with Gasteiger partial charge in [0.15, 0.2) is 6.33 Å². The molecule has 0 saturated carbocycles. The number of carbonyl (C=O) groups is 1. The summed E-state index contributed by atoms with van der Waals surface area (Å²) in [6, 6.07) is 0. The van der Waals surface area contributed by atoms with Crippen LogP contribution in [0.3, 0.4) is 0 Å². The zero-order chi connectivity index (χ0) is 12.3. The van der Waals surface area contributed by atoms with E-state index in [0.29, 0.717) is 25.3 Å². The number of aromatic nitrogens is 2. The number of hydrogen-bond donors (Lipinski definition) is 2. The molecule has 0 bridgehead atoms. The maximum Gasteiger partial charge on any atom is 0.228 e. The average Bonchev–Trinajstić information content (AvgIpc) is 2.82. The molecule has 0 radical (unpaired) electrons. The van der Waals surface area contributed by atoms with Crippen molar-refractivity contribution >= 4 is 5.91 Å². The summed E-state index contributed by atoms with van der Waals surface area (Å²) >= 11 is 0. The van der Waals surface area contributed by atoms with Gasteiger partial charge in [0.05, 0.1) is 0 Å². The molecule has 0 unspecified atom stereocenters. The quantitative estimate of drug-likeness (QED) is 0.618. The van der Waals surface area contributed by atoms with Crippen LogP contribution in [0.5, 0.6) is 0 Å². The van der Waals surface area contributed by atoms with Gasteiger partial charge in [-0.15, -0.1) is 0 Å². The van der Waals surface area contributed by atoms with Gasteiger partial charge in [-0.2, -0.15) is 4.98 Å². The molecule has 1 amide bonds. The third-order valence-corrected chi connectivity index (χ3v) is 2.43. The SMILES string of the molecule is NCCCCCCC(=O)NCCc1ncno1. The van der Waals surface area contributed by atoms with Gasteiger partial charge in [-0.3, -0.25) is 4.79 Å². The minimum absolute atomic E-state index is 0.0808. The Kier molecular flexibility index (Phi) is 6.97. The summed E-state index contributed by atoms with van der Waals surface area (Å²) in [4.78, 5) is 15.3. The fourth-order valence-corrected chi connectivity index (χ4v) is 1.49. The Balaban J connectivity index is 1.94. The molecule has 6 heteroatoms. The number of nitrogens with one attached hydrogen (secondary N) is 1. The van der Waals surface area contributed by atoms with E-state index in [-0.39, 0.29) is 5.91 Å². The molecule has 1 aromatic rings. The van der Waals surface area contributed by atoms with Crippen molar-refractivity contribution in [3.63, 3.8) is 0 Å². The Labute approximate surface area is 101 Å². The number of amides is 1. The first kappa shape index (κ1) is 13.6. The van der Waals surface area contributed by atoms with Crippen LogP contribution >= 0.6 is 0 Å². The molecule has 0 spiro atoms. The second-order valence-corrected chi connectivity index (χ2v) is 3.89. The van der Waals surface area contributed by atoms with Crippen LogP contribution in [-0.4, -0.2) is 29.1 Å². The van der Waals surface area contributed by atoms with Crippen molar-refractivity contribution in [1.29, 1.82) is 0 Å². The Morgan fingerprint density at radius 3 is 2.88 bits per heavy atom. The number of rotatable bonds is 9. The van der Waals surface area contributed by atoms with Gasteiger partial charge in [0.1, 0.15) is 0 Å². The molecule has 0 atom stereocenters. The number of nitrogens with zero attached hydrogens (tertiary/aromatic N) is 2. The van der Waals surface area contributed by atoms with Crippen LogP contribution in [0.25, 0.3) is 0 Å². The van der Waals surface area contributed by atoms with E-state index >= 15 is 0 Å². The summed E-state index contributed by atoms with van der Waals surface area (Å²) in [6.07, 6.45) is 6.65. The van der Waals surface area contributed by atoms with E-state index in [1.165, 1.54) is 6.33 Å². The third-order valence-electron chi connectivity index (χ3n) is 2.43. The number of hydrogen-bond acceptors (Lipinski definition) is 5. The molecule has 1 heterocycles. The standard InChI is InChI=1S/C11H20N4O2/c12-7-4-2-1-3-5-10(16)13-8-6-11-14-9-15-17-11/h9H,1-8,12H2,(H,13,16). The second kappa shape index (κ2) is 8.69. The summed E-state index contributed by atoms with van der Waals surface area (Å²) in [5.74, 6) is 0.630. The van der Waals surface area contributed by atoms with Crippen molar-refractivity contribution in [1.82, 2.24) is 15.5 Å². The lowest BCUT2D eigenvalue weighted by atomic mass is 10.1. The van der Waals surface area contributed by atoms with Crippen molar-refractivity contribution < 1.29 is 9.32 Å². The second-order valence-electron chi connectivity index (χ2n) is 3.89. The first-order chi connectivity index (χ1) is 8.33. The molecule has 0 aliphatic carbocycles. The lowest BCUT2D eigenvalue weighted by Gasteiger charge is -2.03. The number of unbranched alkanes of at least 4 members (excludes halogenated alkanes) is 3. The minimum atomic E-state index is 0.0808. The molecule has 96 valence electrons. The van der Waals surface area contributed by atoms with E-state index in [4.69, 9.17) is 10.3 Å². The summed E-state index contributed by atoms with van der Waals surface area (Å²) in [7, 11) is 0. The van der Waals surface area contributed by atoms with Gasteiger partial charge >= 0.3 is 0 Å². The zero-order valence-electron chi connectivity index (χ0n) is 10.0. The van der Waals surface area contributed by atoms with Gasteiger partial charge < -0.3 is 15.6 Å². The molecular formula is C11H20N4O2. The van der Waals surface area contributed by atoms with Gasteiger partial charge in [-0.1, -0.05) is 18.0 Å². The average molecular weight is 240 g/mol. The van der Waals surface area contributed by atoms with Crippen molar-refractivity contribution in [3.05, 3.63) is 12.2 Å². The predicted octanol–water partition coefficient (Wildman–Crippen LogP) is 0.637. The Morgan fingerprint density at radius 1 is 1.35 bits per heavy atom. The fraction of sp³-hybridized carbons (Fsp3) is 0.727. The molecule has 0 aromatic carbocycles. The molecule has 0 aliphatic rings. The topological polar surface area (TPSA) is 94.0 Å². The van der Waals surface area contributed by atoms with E-state index in [1.807, 2.05) is 0 Å². The predicted molar refractivity (Wildman–Crippen MR) is 63.2 cm³/mol. The van der Waals surface area contributed by atoms with Crippen molar-refractivity contribution in [2.24, 2.45) is 5.73 Å². The molecule has 0 saturated heterocycles. The van der Waals surface area contributed by atoms with Crippen LogP contribution in [0.1, 0.15) is 38.0 Å². The number of carbonyl (C=O) groups excluding carboxylic acids is 1. The van der Waals surface area contributed by atoms with Gasteiger partial charge in [-0.25, -0.2) is 0 Å². The molecule has 0 fully saturated rings. The van der Waals surface area contributed by atoms with E-state index in [1.54, 1.807) is 0 Å². The summed E-state index contributed by atoms with van der Waals surface area (Å²) < 4.78 is 4.82. The van der Waals surface area contributed by atoms with Gasteiger partial charge in [0, 0.05) is 19.4 Å². The van der Waals surface area contributed by atoms with Crippen molar-refractivity contribution in [3.8, 4) is 0 Å². The Bertz CT molecular complexity index is 300. The maximum atomic E-state index is 11.4. The van der Waals surface area contributed by atoms with E-state index in [0.717, 1.165) is 32.2 Å². The summed E-state index contributed by atoms with van der Waals surface area (Å²) in [5, 5.41) is 6.31. The lowest BCUT2D eigenvalue weighted by molar-refractivity contribution is -0.121. The Hall–Kier alpha value is -1.43. The first-order valence-electron chi connectivity index (χ1n) is 6.05. The lowest BCUT2D eigenvalue weighted by Crippen LogP contribution is -2.25. The zero-order valence-corrected chi connectivity index (χ0v) is 10.0. The molecule has 6 nitrogen and oxygen atoms in total. The van der Waals surface area contributed by atoms with Crippen molar-refractivity contribution in [2.45, 2.75) is 38.5 Å². The van der Waals surface area contributed by atoms with E-state index in [9.17, 15) is 4.79 Å². The highest BCUT2D eigenvalue weighted by molar-refractivity contribution is 5.75. The third kappa shape index (κ3) is 6.68. The van der Waals surface area contributed by atoms with Gasteiger partial charge in [-0.05, 0) is 19.4 Å². The van der Waals surface area contributed by atoms with Crippen molar-refractivity contribution in [2.75, 3.05) is 13.1 Å². The highest BCUT2D eigenvalue weighted by atomic mass is 16.5. The van der Waals surface area contributed by atoms with Crippen LogP contribution in [0.4, 0.5) is 0 Å². The first-order valence-corrected chi connectivity index (χ1v) is 6.05. The summed E-state index contributed by atoms with van der Waals surface area (Å²) in [5.41, 5.74) is 5.38. The normalized spacial score (nSPS) is 10.4. The highest BCUT2D eigenvalue weighted by Gasteiger charge is 2.02. The minimum Gasteiger partial charge on any atom is -0.356 e. The molecule has 17 heavy (non-hydrogen) atoms. The monoisotopic (exact) mass is 240 g/mol. The molecule has 1 aromatic heterocycles. The molecular weight excluding hydrogens is 220 g/mol. The van der Waals surface area contributed by atoms with Crippen LogP contribution in [-0.2, 0) is 11.2 Å². The Morgan fingerprint density at radius 2 is 2.18 bits per heavy atom. The van der Waals surface area contributed by atoms with Gasteiger partial charge in [0.2, 0.25) is 11.8 Å². The molecule has 3 N–H and O–H groups in total. The van der Waals surface area contributed by atoms with Crippen LogP contribution in [0.2, 0.25) is 0 Å². The maximum absolute atomic E-state index is 11.4. The van der Waals surface area contributed by atoms with Crippen LogP contribution in [0.15, 0.2) is 10.9 Å². The highest BCUT2D eigenvalue weighted by Crippen LogP contribution is 2.01.